The number of carbonyl (C=O) groups excluding carboxylic acids is 1. The Morgan fingerprint density at radius 2 is 2.10 bits per heavy atom. The van der Waals surface area contributed by atoms with Crippen molar-refractivity contribution in [3.8, 4) is 10.6 Å². The number of aromatic nitrogens is 5. The standard InChI is InChI=1S/C18H13Cl2F3N6OS/c1-2-28-11(9(19)7-25-28)8-24-17(30)15-14(20)16-26-10(12-4-3-5-31-12)6-13(18(21,22)23)29(16)27-15/h3-7H,2,8H2,1H3,(H,24,30). The first-order chi connectivity index (χ1) is 14.7. The Morgan fingerprint density at radius 3 is 2.74 bits per heavy atom. The third-order valence-electron chi connectivity index (χ3n) is 4.43. The maximum absolute atomic E-state index is 13.7. The van der Waals surface area contributed by atoms with Gasteiger partial charge >= 0.3 is 6.18 Å². The second-order valence-corrected chi connectivity index (χ2v) is 8.07. The molecule has 0 atom stereocenters. The van der Waals surface area contributed by atoms with Gasteiger partial charge in [0.05, 0.1) is 34.0 Å². The summed E-state index contributed by atoms with van der Waals surface area (Å²) in [6.07, 6.45) is -3.30. The first kappa shape index (κ1) is 21.6. The van der Waals surface area contributed by atoms with E-state index < -0.39 is 17.8 Å². The van der Waals surface area contributed by atoms with E-state index in [-0.39, 0.29) is 28.6 Å². The van der Waals surface area contributed by atoms with Gasteiger partial charge in [-0.05, 0) is 24.4 Å². The molecule has 4 heterocycles. The predicted octanol–water partition coefficient (Wildman–Crippen LogP) is 4.93. The van der Waals surface area contributed by atoms with Crippen molar-refractivity contribution in [1.29, 1.82) is 0 Å². The fourth-order valence-electron chi connectivity index (χ4n) is 2.97. The van der Waals surface area contributed by atoms with Crippen LogP contribution in [0.1, 0.15) is 28.8 Å². The molecule has 4 rings (SSSR count). The van der Waals surface area contributed by atoms with Gasteiger partial charge < -0.3 is 5.32 Å². The predicted molar refractivity (Wildman–Crippen MR) is 110 cm³/mol. The molecule has 1 amide bonds. The summed E-state index contributed by atoms with van der Waals surface area (Å²) >= 11 is 13.5. The van der Waals surface area contributed by atoms with Crippen molar-refractivity contribution in [2.24, 2.45) is 0 Å². The van der Waals surface area contributed by atoms with Crippen molar-refractivity contribution in [3.63, 3.8) is 0 Å². The van der Waals surface area contributed by atoms with Crippen LogP contribution in [0.4, 0.5) is 13.2 Å². The molecule has 0 spiro atoms. The van der Waals surface area contributed by atoms with Gasteiger partial charge in [-0.3, -0.25) is 9.48 Å². The second-order valence-electron chi connectivity index (χ2n) is 6.34. The Morgan fingerprint density at radius 1 is 1.32 bits per heavy atom. The first-order valence-electron chi connectivity index (χ1n) is 8.89. The fourth-order valence-corrected chi connectivity index (χ4v) is 4.11. The molecule has 0 radical (unpaired) electrons. The van der Waals surface area contributed by atoms with Gasteiger partial charge in [0, 0.05) is 6.54 Å². The number of nitrogens with one attached hydrogen (secondary N) is 1. The van der Waals surface area contributed by atoms with Gasteiger partial charge in [0.1, 0.15) is 5.02 Å². The molecule has 31 heavy (non-hydrogen) atoms. The van der Waals surface area contributed by atoms with Crippen molar-refractivity contribution in [2.75, 3.05) is 0 Å². The highest BCUT2D eigenvalue weighted by Gasteiger charge is 2.36. The summed E-state index contributed by atoms with van der Waals surface area (Å²) in [4.78, 5) is 17.4. The third kappa shape index (κ3) is 4.00. The monoisotopic (exact) mass is 488 g/mol. The minimum Gasteiger partial charge on any atom is -0.345 e. The second kappa shape index (κ2) is 8.13. The van der Waals surface area contributed by atoms with Crippen molar-refractivity contribution >= 4 is 46.1 Å². The molecule has 0 aromatic carbocycles. The van der Waals surface area contributed by atoms with E-state index in [1.165, 1.54) is 17.5 Å². The molecule has 13 heteroatoms. The van der Waals surface area contributed by atoms with E-state index in [1.54, 1.807) is 22.2 Å². The van der Waals surface area contributed by atoms with Crippen LogP contribution in [0.5, 0.6) is 0 Å². The Hall–Kier alpha value is -2.63. The number of nitrogens with zero attached hydrogens (tertiary/aromatic N) is 5. The van der Waals surface area contributed by atoms with Gasteiger partial charge in [-0.15, -0.1) is 11.3 Å². The Bertz CT molecular complexity index is 1270. The quantitative estimate of drug-likeness (QED) is 0.432. The number of fused-ring (bicyclic) bond motifs is 1. The number of hydrogen-bond donors (Lipinski definition) is 1. The molecule has 0 aliphatic heterocycles. The molecule has 162 valence electrons. The van der Waals surface area contributed by atoms with E-state index in [0.29, 0.717) is 26.7 Å². The number of rotatable bonds is 5. The van der Waals surface area contributed by atoms with Crippen LogP contribution in [0.25, 0.3) is 16.2 Å². The molecule has 0 aliphatic rings. The summed E-state index contributed by atoms with van der Waals surface area (Å²) in [6.45, 7) is 2.37. The largest absolute Gasteiger partial charge is 0.433 e. The van der Waals surface area contributed by atoms with Crippen molar-refractivity contribution in [2.45, 2.75) is 26.2 Å². The molecule has 0 aliphatic carbocycles. The highest BCUT2D eigenvalue weighted by Crippen LogP contribution is 2.35. The van der Waals surface area contributed by atoms with E-state index in [0.717, 1.165) is 6.07 Å². The lowest BCUT2D eigenvalue weighted by Gasteiger charge is -2.10. The van der Waals surface area contributed by atoms with Gasteiger partial charge in [-0.1, -0.05) is 29.3 Å². The summed E-state index contributed by atoms with van der Waals surface area (Å²) in [5, 5.41) is 12.2. The van der Waals surface area contributed by atoms with Crippen LogP contribution in [-0.4, -0.2) is 30.3 Å². The highest BCUT2D eigenvalue weighted by atomic mass is 35.5. The molecule has 0 saturated carbocycles. The normalized spacial score (nSPS) is 11.9. The lowest BCUT2D eigenvalue weighted by molar-refractivity contribution is -0.142. The minimum absolute atomic E-state index is 0.00426. The molecule has 0 unspecified atom stereocenters. The molecule has 7 nitrogen and oxygen atoms in total. The maximum atomic E-state index is 13.7. The smallest absolute Gasteiger partial charge is 0.345 e. The average Bonchev–Trinajstić information content (AvgIpc) is 3.44. The molecule has 4 aromatic rings. The van der Waals surface area contributed by atoms with Gasteiger partial charge in [0.25, 0.3) is 5.91 Å². The van der Waals surface area contributed by atoms with E-state index in [1.807, 2.05) is 6.92 Å². The molecule has 0 fully saturated rings. The lowest BCUT2D eigenvalue weighted by Crippen LogP contribution is -2.25. The Kier molecular flexibility index (Phi) is 5.67. The number of aryl methyl sites for hydroxylation is 1. The molecule has 1 N–H and O–H groups in total. The molecular formula is C18H13Cl2F3N6OS. The van der Waals surface area contributed by atoms with E-state index in [9.17, 15) is 18.0 Å². The maximum Gasteiger partial charge on any atom is 0.433 e. The summed E-state index contributed by atoms with van der Waals surface area (Å²) in [6, 6.07) is 4.22. The average molecular weight is 489 g/mol. The lowest BCUT2D eigenvalue weighted by atomic mass is 10.2. The van der Waals surface area contributed by atoms with Crippen LogP contribution in [0.3, 0.4) is 0 Å². The zero-order valence-corrected chi connectivity index (χ0v) is 18.1. The topological polar surface area (TPSA) is 77.1 Å². The molecule has 4 aromatic heterocycles. The highest BCUT2D eigenvalue weighted by molar-refractivity contribution is 7.13. The number of amides is 1. The van der Waals surface area contributed by atoms with Gasteiger partial charge in [-0.2, -0.15) is 23.4 Å². The van der Waals surface area contributed by atoms with Crippen molar-refractivity contribution in [1.82, 2.24) is 29.7 Å². The number of halogens is 5. The molecular weight excluding hydrogens is 476 g/mol. The van der Waals surface area contributed by atoms with Gasteiger partial charge in [-0.25, -0.2) is 9.50 Å². The minimum atomic E-state index is -4.74. The van der Waals surface area contributed by atoms with Crippen LogP contribution in [0.2, 0.25) is 10.0 Å². The first-order valence-corrected chi connectivity index (χ1v) is 10.5. The fraction of sp³-hybridized carbons (Fsp3) is 0.222. The SMILES string of the molecule is CCn1ncc(Cl)c1CNC(=O)c1nn2c(C(F)(F)F)cc(-c3cccs3)nc2c1Cl. The van der Waals surface area contributed by atoms with Crippen LogP contribution >= 0.6 is 34.5 Å². The van der Waals surface area contributed by atoms with E-state index in [4.69, 9.17) is 23.2 Å². The summed E-state index contributed by atoms with van der Waals surface area (Å²) in [5.41, 5.74) is -1.09. The third-order valence-corrected chi connectivity index (χ3v) is 5.98. The Labute approximate surface area is 187 Å². The van der Waals surface area contributed by atoms with Gasteiger partial charge in [0.2, 0.25) is 0 Å². The zero-order chi connectivity index (χ0) is 22.3. The van der Waals surface area contributed by atoms with Crippen LogP contribution < -0.4 is 5.32 Å². The van der Waals surface area contributed by atoms with Crippen molar-refractivity contribution in [3.05, 3.63) is 56.9 Å². The number of carbonyl (C=O) groups is 1. The Balaban J connectivity index is 1.74. The van der Waals surface area contributed by atoms with Crippen molar-refractivity contribution < 1.29 is 18.0 Å². The summed E-state index contributed by atoms with van der Waals surface area (Å²) in [5.74, 6) is -0.763. The van der Waals surface area contributed by atoms with E-state index >= 15 is 0 Å². The number of alkyl halides is 3. The molecule has 0 bridgehead atoms. The number of thiophene rings is 1. The molecule has 0 saturated heterocycles. The number of hydrogen-bond acceptors (Lipinski definition) is 5. The zero-order valence-electron chi connectivity index (χ0n) is 15.7. The van der Waals surface area contributed by atoms with Crippen LogP contribution in [0.15, 0.2) is 29.8 Å². The van der Waals surface area contributed by atoms with Crippen LogP contribution in [0, 0.1) is 0 Å². The van der Waals surface area contributed by atoms with E-state index in [2.05, 4.69) is 20.5 Å². The van der Waals surface area contributed by atoms with Crippen LogP contribution in [-0.2, 0) is 19.3 Å². The van der Waals surface area contributed by atoms with Gasteiger partial charge in [0.15, 0.2) is 17.0 Å². The summed E-state index contributed by atoms with van der Waals surface area (Å²) < 4.78 is 43.2. The summed E-state index contributed by atoms with van der Waals surface area (Å²) in [7, 11) is 0.